The lowest BCUT2D eigenvalue weighted by Gasteiger charge is -2.07. The summed E-state index contributed by atoms with van der Waals surface area (Å²) in [6.07, 6.45) is 1.47. The number of ketones is 2. The molecule has 0 aromatic heterocycles. The highest BCUT2D eigenvalue weighted by molar-refractivity contribution is 5.96. The molecule has 1 atom stereocenters. The van der Waals surface area contributed by atoms with Gasteiger partial charge in [-0.3, -0.25) is 9.59 Å². The predicted octanol–water partition coefficient (Wildman–Crippen LogP) is 5.19. The smallest absolute Gasteiger partial charge is 0.163 e. The van der Waals surface area contributed by atoms with Crippen molar-refractivity contribution in [3.63, 3.8) is 0 Å². The Hall–Kier alpha value is -2.00. The van der Waals surface area contributed by atoms with Crippen LogP contribution in [-0.2, 0) is 16.0 Å². The molecule has 0 amide bonds. The minimum atomic E-state index is -0.219. The molecule has 1 aromatic carbocycles. The molecule has 1 unspecified atom stereocenters. The number of hydrogen-bond acceptors (Lipinski definition) is 3. The lowest BCUT2D eigenvalue weighted by Crippen LogP contribution is -2.13. The maximum absolute atomic E-state index is 11.5. The zero-order chi connectivity index (χ0) is 20.7. The standard InChI is InChI=1S/C13H16O.C8H14O2.C2H6/c1-10(2)13(14)11(3)9-12-7-5-4-6-8-12;1-4-6(2)8(10)7(3)5-9;1-2/h4-8,10H,3,9H2,1-2H3;6,9H,3-5H2,1-2H3;1-2H3. The molecule has 1 rings (SSSR count). The molecule has 0 radical (unpaired) electrons. The van der Waals surface area contributed by atoms with Crippen LogP contribution < -0.4 is 0 Å². The third-order valence-corrected chi connectivity index (χ3v) is 3.73. The maximum Gasteiger partial charge on any atom is 0.163 e. The monoisotopic (exact) mass is 360 g/mol. The molecule has 0 bridgehead atoms. The first-order valence-electron chi connectivity index (χ1n) is 9.33. The fourth-order valence-corrected chi connectivity index (χ4v) is 1.95. The molecular formula is C23H36O3. The fourth-order valence-electron chi connectivity index (χ4n) is 1.95. The number of allylic oxidation sites excluding steroid dienone is 1. The topological polar surface area (TPSA) is 54.4 Å². The van der Waals surface area contributed by atoms with Gasteiger partial charge < -0.3 is 5.11 Å². The molecule has 0 aliphatic heterocycles. The molecule has 0 saturated heterocycles. The van der Waals surface area contributed by atoms with Gasteiger partial charge in [-0.2, -0.15) is 0 Å². The summed E-state index contributed by atoms with van der Waals surface area (Å²) in [7, 11) is 0. The number of aliphatic hydroxyl groups excluding tert-OH is 1. The van der Waals surface area contributed by atoms with Crippen molar-refractivity contribution in [1.29, 1.82) is 0 Å². The summed E-state index contributed by atoms with van der Waals surface area (Å²) < 4.78 is 0. The lowest BCUT2D eigenvalue weighted by atomic mass is 9.97. The van der Waals surface area contributed by atoms with Crippen LogP contribution in [0, 0.1) is 11.8 Å². The average Bonchev–Trinajstić information content (AvgIpc) is 2.68. The Morgan fingerprint density at radius 2 is 1.46 bits per heavy atom. The van der Waals surface area contributed by atoms with Crippen LogP contribution in [-0.4, -0.2) is 23.3 Å². The largest absolute Gasteiger partial charge is 0.392 e. The van der Waals surface area contributed by atoms with Gasteiger partial charge in [0.1, 0.15) is 0 Å². The minimum absolute atomic E-state index is 0.000324. The van der Waals surface area contributed by atoms with E-state index in [1.54, 1.807) is 0 Å². The molecule has 0 aliphatic carbocycles. The Morgan fingerprint density at radius 3 is 1.85 bits per heavy atom. The van der Waals surface area contributed by atoms with Crippen LogP contribution in [0.25, 0.3) is 0 Å². The average molecular weight is 361 g/mol. The van der Waals surface area contributed by atoms with E-state index in [1.807, 2.05) is 71.9 Å². The molecule has 26 heavy (non-hydrogen) atoms. The van der Waals surface area contributed by atoms with E-state index < -0.39 is 0 Å². The van der Waals surface area contributed by atoms with Gasteiger partial charge in [-0.1, -0.05) is 85.0 Å². The molecule has 146 valence electrons. The number of Topliss-reactive ketones (excluding diaryl/α,β-unsaturated/α-hetero) is 2. The summed E-state index contributed by atoms with van der Waals surface area (Å²) in [5.41, 5.74) is 2.16. The van der Waals surface area contributed by atoms with Crippen molar-refractivity contribution < 1.29 is 14.7 Å². The molecule has 1 N–H and O–H groups in total. The Morgan fingerprint density at radius 1 is 0.962 bits per heavy atom. The number of aliphatic hydroxyl groups is 1. The van der Waals surface area contributed by atoms with Crippen LogP contribution in [0.2, 0.25) is 0 Å². The lowest BCUT2D eigenvalue weighted by molar-refractivity contribution is -0.119. The quantitative estimate of drug-likeness (QED) is 0.649. The molecule has 0 spiro atoms. The van der Waals surface area contributed by atoms with Crippen molar-refractivity contribution in [2.45, 2.75) is 54.4 Å². The van der Waals surface area contributed by atoms with Gasteiger partial charge >= 0.3 is 0 Å². The normalized spacial score (nSPS) is 10.6. The number of rotatable bonds is 8. The van der Waals surface area contributed by atoms with E-state index in [0.717, 1.165) is 12.0 Å². The summed E-state index contributed by atoms with van der Waals surface area (Å²) in [6, 6.07) is 9.94. The van der Waals surface area contributed by atoms with E-state index in [-0.39, 0.29) is 30.0 Å². The third kappa shape index (κ3) is 10.8. The van der Waals surface area contributed by atoms with E-state index in [4.69, 9.17) is 5.11 Å². The Balaban J connectivity index is 0. The summed E-state index contributed by atoms with van der Waals surface area (Å²) >= 11 is 0. The Labute approximate surface area is 159 Å². The highest BCUT2D eigenvalue weighted by atomic mass is 16.3. The van der Waals surface area contributed by atoms with Gasteiger partial charge in [0, 0.05) is 23.8 Å². The van der Waals surface area contributed by atoms with Crippen LogP contribution in [0.1, 0.15) is 53.5 Å². The highest BCUT2D eigenvalue weighted by Crippen LogP contribution is 2.11. The summed E-state index contributed by atoms with van der Waals surface area (Å²) in [5.74, 6) is 0.185. The molecule has 0 aliphatic rings. The zero-order valence-corrected chi connectivity index (χ0v) is 17.3. The van der Waals surface area contributed by atoms with Gasteiger partial charge in [-0.15, -0.1) is 0 Å². The summed E-state index contributed by atoms with van der Waals surface area (Å²) in [6.45, 7) is 18.6. The van der Waals surface area contributed by atoms with Crippen LogP contribution in [0.5, 0.6) is 0 Å². The van der Waals surface area contributed by atoms with Gasteiger partial charge in [0.15, 0.2) is 11.6 Å². The number of benzene rings is 1. The van der Waals surface area contributed by atoms with E-state index in [0.29, 0.717) is 17.6 Å². The van der Waals surface area contributed by atoms with Crippen LogP contribution in [0.15, 0.2) is 54.6 Å². The van der Waals surface area contributed by atoms with Crippen molar-refractivity contribution in [2.75, 3.05) is 6.61 Å². The first-order chi connectivity index (χ1) is 12.2. The van der Waals surface area contributed by atoms with Gasteiger partial charge in [-0.25, -0.2) is 0 Å². The number of carbonyl (C=O) groups is 2. The number of hydrogen-bond donors (Lipinski definition) is 1. The van der Waals surface area contributed by atoms with Crippen molar-refractivity contribution >= 4 is 11.6 Å². The number of carbonyl (C=O) groups excluding carboxylic acids is 2. The SMILES string of the molecule is C=C(CO)C(=O)C(C)CC.C=C(Cc1ccccc1)C(=O)C(C)C.CC. The second-order valence-corrected chi connectivity index (χ2v) is 6.22. The molecule has 1 aromatic rings. The molecule has 3 heteroatoms. The van der Waals surface area contributed by atoms with Gasteiger partial charge in [0.2, 0.25) is 0 Å². The van der Waals surface area contributed by atoms with Crippen LogP contribution >= 0.6 is 0 Å². The molecule has 0 heterocycles. The first kappa shape index (κ1) is 26.2. The molecule has 0 fully saturated rings. The van der Waals surface area contributed by atoms with E-state index in [1.165, 1.54) is 0 Å². The molecule has 0 saturated carbocycles. The highest BCUT2D eigenvalue weighted by Gasteiger charge is 2.12. The second kappa shape index (κ2) is 15.3. The van der Waals surface area contributed by atoms with Gasteiger partial charge in [-0.05, 0) is 17.6 Å². The van der Waals surface area contributed by atoms with Crippen molar-refractivity contribution in [2.24, 2.45) is 11.8 Å². The summed E-state index contributed by atoms with van der Waals surface area (Å²) in [5, 5.41) is 8.53. The second-order valence-electron chi connectivity index (χ2n) is 6.22. The first-order valence-corrected chi connectivity index (χ1v) is 9.33. The van der Waals surface area contributed by atoms with Crippen molar-refractivity contribution in [1.82, 2.24) is 0 Å². The van der Waals surface area contributed by atoms with E-state index >= 15 is 0 Å². The maximum atomic E-state index is 11.5. The third-order valence-electron chi connectivity index (χ3n) is 3.73. The van der Waals surface area contributed by atoms with Crippen LogP contribution in [0.3, 0.4) is 0 Å². The van der Waals surface area contributed by atoms with Crippen LogP contribution in [0.4, 0.5) is 0 Å². The van der Waals surface area contributed by atoms with Gasteiger partial charge in [0.25, 0.3) is 0 Å². The van der Waals surface area contributed by atoms with Crippen molar-refractivity contribution in [3.05, 3.63) is 60.2 Å². The van der Waals surface area contributed by atoms with Crippen molar-refractivity contribution in [3.8, 4) is 0 Å². The van der Waals surface area contributed by atoms with E-state index in [9.17, 15) is 9.59 Å². The Bertz CT molecular complexity index is 556. The van der Waals surface area contributed by atoms with E-state index in [2.05, 4.69) is 13.2 Å². The van der Waals surface area contributed by atoms with Gasteiger partial charge in [0.05, 0.1) is 6.61 Å². The predicted molar refractivity (Wildman–Crippen MR) is 111 cm³/mol. The Kier molecular flexibility index (Phi) is 15.4. The molecular weight excluding hydrogens is 324 g/mol. The zero-order valence-electron chi connectivity index (χ0n) is 17.3. The molecule has 3 nitrogen and oxygen atoms in total. The summed E-state index contributed by atoms with van der Waals surface area (Å²) in [4.78, 5) is 22.6. The fraction of sp³-hybridized carbons (Fsp3) is 0.478. The minimum Gasteiger partial charge on any atom is -0.392 e.